The predicted octanol–water partition coefficient (Wildman–Crippen LogP) is 3.02. The summed E-state index contributed by atoms with van der Waals surface area (Å²) < 4.78 is 48.3. The Morgan fingerprint density at radius 3 is 2.62 bits per heavy atom. The number of benzene rings is 1. The van der Waals surface area contributed by atoms with Crippen LogP contribution < -0.4 is 5.73 Å². The zero-order valence-electron chi connectivity index (χ0n) is 14.9. The highest BCUT2D eigenvalue weighted by Gasteiger charge is 2.32. The van der Waals surface area contributed by atoms with Crippen LogP contribution in [0.4, 0.5) is 4.39 Å². The number of nitrogens with zero attached hydrogens (tertiary/aromatic N) is 1. The van der Waals surface area contributed by atoms with E-state index in [2.05, 4.69) is 9.97 Å². The van der Waals surface area contributed by atoms with Crippen molar-refractivity contribution in [1.82, 2.24) is 9.97 Å². The molecule has 0 fully saturated rings. The third-order valence-electron chi connectivity index (χ3n) is 4.49. The molecule has 0 spiro atoms. The highest BCUT2D eigenvalue weighted by molar-refractivity contribution is 7.86. The SMILES string of the molecule is CCC(c1ccc(C(N)=O)c(F)c1C(=O)c1c[nH]c2ncc(Cl)cc12)S(=O)(=O)O. The van der Waals surface area contributed by atoms with Crippen molar-refractivity contribution in [3.8, 4) is 0 Å². The van der Waals surface area contributed by atoms with E-state index in [4.69, 9.17) is 17.3 Å². The van der Waals surface area contributed by atoms with Crippen LogP contribution in [0.1, 0.15) is 50.4 Å². The van der Waals surface area contributed by atoms with E-state index in [0.29, 0.717) is 5.65 Å². The van der Waals surface area contributed by atoms with E-state index in [1.807, 2.05) is 0 Å². The second-order valence-corrected chi connectivity index (χ2v) is 8.28. The molecule has 0 saturated heterocycles. The Balaban J connectivity index is 2.33. The number of nitrogens with two attached hydrogens (primary N) is 1. The standard InChI is InChI=1S/C18H15ClFN3O5S/c1-2-13(29(26,27)28)9-3-4-10(17(21)25)15(20)14(9)16(24)12-7-23-18-11(12)5-8(19)6-22-18/h3-7,13H,2H2,1H3,(H2,21,25)(H,22,23)(H,26,27,28). The molecule has 1 atom stereocenters. The number of ketones is 1. The van der Waals surface area contributed by atoms with Crippen molar-refractivity contribution in [2.24, 2.45) is 5.73 Å². The first-order valence-electron chi connectivity index (χ1n) is 8.32. The lowest BCUT2D eigenvalue weighted by Crippen LogP contribution is -2.21. The molecule has 0 aliphatic rings. The van der Waals surface area contributed by atoms with Crippen LogP contribution in [-0.2, 0) is 10.1 Å². The minimum atomic E-state index is -4.67. The van der Waals surface area contributed by atoms with Crippen LogP contribution in [-0.4, -0.2) is 34.6 Å². The number of aromatic nitrogens is 2. The van der Waals surface area contributed by atoms with Gasteiger partial charge in [-0.25, -0.2) is 9.37 Å². The van der Waals surface area contributed by atoms with Crippen LogP contribution in [0.3, 0.4) is 0 Å². The van der Waals surface area contributed by atoms with Crippen molar-refractivity contribution in [3.63, 3.8) is 0 Å². The minimum absolute atomic E-state index is 0.0399. The average Bonchev–Trinajstić information content (AvgIpc) is 3.03. The number of hydrogen-bond acceptors (Lipinski definition) is 5. The Morgan fingerprint density at radius 2 is 2.03 bits per heavy atom. The number of fused-ring (bicyclic) bond motifs is 1. The molecule has 1 amide bonds. The number of hydrogen-bond donors (Lipinski definition) is 3. The Hall–Kier alpha value is -2.82. The summed E-state index contributed by atoms with van der Waals surface area (Å²) in [6.07, 6.45) is 2.47. The van der Waals surface area contributed by atoms with E-state index in [1.165, 1.54) is 25.4 Å². The summed E-state index contributed by atoms with van der Waals surface area (Å²) in [6.45, 7) is 1.45. The summed E-state index contributed by atoms with van der Waals surface area (Å²) in [6, 6.07) is 3.51. The molecule has 0 aliphatic heterocycles. The van der Waals surface area contributed by atoms with Crippen molar-refractivity contribution in [2.75, 3.05) is 0 Å². The molecule has 11 heteroatoms. The highest BCUT2D eigenvalue weighted by atomic mass is 35.5. The van der Waals surface area contributed by atoms with Gasteiger partial charge in [-0.15, -0.1) is 0 Å². The number of carbonyl (C=O) groups is 2. The maximum Gasteiger partial charge on any atom is 0.272 e. The Kier molecular flexibility index (Phi) is 5.44. The lowest BCUT2D eigenvalue weighted by molar-refractivity contribution is 0.0996. The second kappa shape index (κ2) is 7.54. The molecule has 4 N–H and O–H groups in total. The molecule has 1 aromatic carbocycles. The van der Waals surface area contributed by atoms with Gasteiger partial charge in [-0.05, 0) is 24.1 Å². The van der Waals surface area contributed by atoms with Crippen LogP contribution >= 0.6 is 11.6 Å². The van der Waals surface area contributed by atoms with E-state index >= 15 is 4.39 Å². The number of nitrogens with one attached hydrogen (secondary N) is 1. The third kappa shape index (κ3) is 3.74. The predicted molar refractivity (Wildman–Crippen MR) is 104 cm³/mol. The molecule has 3 rings (SSSR count). The van der Waals surface area contributed by atoms with Gasteiger partial charge in [0, 0.05) is 23.3 Å². The maximum atomic E-state index is 15.1. The van der Waals surface area contributed by atoms with Gasteiger partial charge in [0.1, 0.15) is 16.7 Å². The number of halogens is 2. The Labute approximate surface area is 169 Å². The van der Waals surface area contributed by atoms with Gasteiger partial charge in [0.05, 0.1) is 16.1 Å². The lowest BCUT2D eigenvalue weighted by Gasteiger charge is -2.17. The molecule has 0 aliphatic carbocycles. The van der Waals surface area contributed by atoms with Crippen molar-refractivity contribution in [2.45, 2.75) is 18.6 Å². The zero-order chi connectivity index (χ0) is 21.5. The number of pyridine rings is 1. The molecule has 2 aromatic heterocycles. The molecule has 0 radical (unpaired) electrons. The van der Waals surface area contributed by atoms with Crippen molar-refractivity contribution < 1.29 is 27.0 Å². The monoisotopic (exact) mass is 439 g/mol. The van der Waals surface area contributed by atoms with E-state index < -0.39 is 44.0 Å². The summed E-state index contributed by atoms with van der Waals surface area (Å²) in [4.78, 5) is 31.6. The number of rotatable bonds is 6. The molecule has 152 valence electrons. The fourth-order valence-corrected chi connectivity index (χ4v) is 4.27. The Morgan fingerprint density at radius 1 is 1.34 bits per heavy atom. The third-order valence-corrected chi connectivity index (χ3v) is 6.00. The van der Waals surface area contributed by atoms with Crippen LogP contribution in [0.15, 0.2) is 30.6 Å². The van der Waals surface area contributed by atoms with E-state index in [0.717, 1.165) is 12.1 Å². The summed E-state index contributed by atoms with van der Waals surface area (Å²) in [7, 11) is -4.67. The van der Waals surface area contributed by atoms with Crippen molar-refractivity contribution in [3.05, 3.63) is 63.7 Å². The fraction of sp³-hybridized carbons (Fsp3) is 0.167. The topological polar surface area (TPSA) is 143 Å². The number of carbonyl (C=O) groups excluding carboxylic acids is 2. The highest BCUT2D eigenvalue weighted by Crippen LogP contribution is 2.33. The number of aromatic amines is 1. The number of primary amides is 1. The van der Waals surface area contributed by atoms with Gasteiger partial charge in [-0.1, -0.05) is 24.6 Å². The lowest BCUT2D eigenvalue weighted by atomic mass is 9.92. The van der Waals surface area contributed by atoms with Crippen molar-refractivity contribution in [1.29, 1.82) is 0 Å². The van der Waals surface area contributed by atoms with Gasteiger partial charge in [0.25, 0.3) is 16.0 Å². The Bertz CT molecular complexity index is 1260. The molecular formula is C18H15ClFN3O5S. The maximum absolute atomic E-state index is 15.1. The van der Waals surface area contributed by atoms with Gasteiger partial charge in [0.15, 0.2) is 5.78 Å². The first kappa shape index (κ1) is 20.9. The van der Waals surface area contributed by atoms with Crippen LogP contribution in [0.2, 0.25) is 5.02 Å². The molecular weight excluding hydrogens is 425 g/mol. The van der Waals surface area contributed by atoms with Gasteiger partial charge in [-0.3, -0.25) is 14.1 Å². The smallest absolute Gasteiger partial charge is 0.272 e. The molecule has 29 heavy (non-hydrogen) atoms. The number of H-pyrrole nitrogens is 1. The molecule has 0 bridgehead atoms. The van der Waals surface area contributed by atoms with Gasteiger partial charge in [0.2, 0.25) is 0 Å². The van der Waals surface area contributed by atoms with Crippen LogP contribution in [0.5, 0.6) is 0 Å². The largest absolute Gasteiger partial charge is 0.366 e. The second-order valence-electron chi connectivity index (χ2n) is 6.25. The molecule has 3 aromatic rings. The van der Waals surface area contributed by atoms with Crippen LogP contribution in [0, 0.1) is 5.82 Å². The first-order valence-corrected chi connectivity index (χ1v) is 10.2. The van der Waals surface area contributed by atoms with E-state index in [1.54, 1.807) is 0 Å². The zero-order valence-corrected chi connectivity index (χ0v) is 16.5. The van der Waals surface area contributed by atoms with Gasteiger partial charge >= 0.3 is 0 Å². The fourth-order valence-electron chi connectivity index (χ4n) is 3.17. The molecule has 1 unspecified atom stereocenters. The summed E-state index contributed by atoms with van der Waals surface area (Å²) in [5.74, 6) is -3.32. The summed E-state index contributed by atoms with van der Waals surface area (Å²) in [5, 5.41) is -1.08. The number of amides is 1. The summed E-state index contributed by atoms with van der Waals surface area (Å²) in [5.41, 5.74) is 3.88. The molecule has 0 saturated carbocycles. The van der Waals surface area contributed by atoms with E-state index in [-0.39, 0.29) is 28.0 Å². The van der Waals surface area contributed by atoms with E-state index in [9.17, 15) is 22.6 Å². The molecule has 8 nitrogen and oxygen atoms in total. The quantitative estimate of drug-likeness (QED) is 0.398. The minimum Gasteiger partial charge on any atom is -0.366 e. The average molecular weight is 440 g/mol. The molecule has 2 heterocycles. The van der Waals surface area contributed by atoms with Crippen molar-refractivity contribution >= 4 is 44.4 Å². The van der Waals surface area contributed by atoms with Crippen LogP contribution in [0.25, 0.3) is 11.0 Å². The first-order chi connectivity index (χ1) is 13.6. The van der Waals surface area contributed by atoms with Gasteiger partial charge < -0.3 is 10.7 Å². The summed E-state index contributed by atoms with van der Waals surface area (Å²) >= 11 is 5.93. The van der Waals surface area contributed by atoms with Gasteiger partial charge in [-0.2, -0.15) is 8.42 Å². The normalized spacial score (nSPS) is 12.8.